The van der Waals surface area contributed by atoms with Crippen molar-refractivity contribution in [2.75, 3.05) is 49.6 Å². The van der Waals surface area contributed by atoms with E-state index in [0.29, 0.717) is 93.7 Å². The summed E-state index contributed by atoms with van der Waals surface area (Å²) in [4.78, 5) is 94.2. The Labute approximate surface area is 547 Å². The highest BCUT2D eigenvalue weighted by molar-refractivity contribution is 9.10. The van der Waals surface area contributed by atoms with Gasteiger partial charge in [0.25, 0.3) is 5.91 Å². The molecule has 490 valence electrons. The van der Waals surface area contributed by atoms with Crippen LogP contribution in [-0.2, 0) is 41.5 Å². The number of nitrogens with zero attached hydrogens (tertiary/aromatic N) is 8. The molecule has 3 fully saturated rings. The third-order valence-electron chi connectivity index (χ3n) is 17.0. The summed E-state index contributed by atoms with van der Waals surface area (Å²) >= 11 is 3.56. The molecule has 26 heteroatoms. The maximum atomic E-state index is 14.2. The molecule has 9 N–H and O–H groups in total. The number of nitrogens with one attached hydrogen (secondary N) is 6. The number of ether oxygens (including phenoxy) is 2. The topological polar surface area (TPSA) is 348 Å². The largest absolute Gasteiger partial charge is 0.465 e. The van der Waals surface area contributed by atoms with Gasteiger partial charge in [-0.1, -0.05) is 58.4 Å². The highest BCUT2D eigenvalue weighted by Crippen LogP contribution is 2.35. The van der Waals surface area contributed by atoms with Crippen LogP contribution in [0.4, 0.5) is 21.0 Å². The van der Waals surface area contributed by atoms with Gasteiger partial charge in [0.05, 0.1) is 13.2 Å². The Kier molecular flexibility index (Phi) is 23.2. The number of hydrogen-bond donors (Lipinski definition) is 8. The molecule has 5 aromatic carbocycles. The van der Waals surface area contributed by atoms with Crippen molar-refractivity contribution in [3.05, 3.63) is 141 Å². The van der Waals surface area contributed by atoms with E-state index in [1.54, 1.807) is 58.3 Å². The average Bonchev–Trinajstić information content (AvgIpc) is 1.37. The summed E-state index contributed by atoms with van der Waals surface area (Å²) < 4.78 is 11.7. The number of hydrogen-bond acceptors (Lipinski definition) is 15. The fourth-order valence-electron chi connectivity index (χ4n) is 11.9. The van der Waals surface area contributed by atoms with Gasteiger partial charge in [-0.15, -0.1) is 20.4 Å². The average molecular weight is 1340 g/mol. The number of benzene rings is 5. The van der Waals surface area contributed by atoms with Gasteiger partial charge in [-0.05, 0) is 208 Å². The number of alkyl carbamates (subject to hydrolysis) is 1. The number of aromatic nitrogens is 8. The fourth-order valence-corrected chi connectivity index (χ4v) is 12.3. The first-order chi connectivity index (χ1) is 44.6. The number of anilines is 2. The summed E-state index contributed by atoms with van der Waals surface area (Å²) in [6.45, 7) is 12.5. The fraction of sp³-hybridized carbons (Fsp3) is 0.418. The van der Waals surface area contributed by atoms with Crippen LogP contribution in [-0.4, -0.2) is 150 Å². The van der Waals surface area contributed by atoms with Crippen molar-refractivity contribution in [2.24, 2.45) is 29.4 Å². The van der Waals surface area contributed by atoms with Crippen molar-refractivity contribution in [2.45, 2.75) is 117 Å². The van der Waals surface area contributed by atoms with E-state index < -0.39 is 35.8 Å². The Hall–Kier alpha value is -9.43. The number of rotatable bonds is 20. The van der Waals surface area contributed by atoms with Crippen molar-refractivity contribution < 1.29 is 48.1 Å². The predicted octanol–water partition coefficient (Wildman–Crippen LogP) is 8.75. The molecular formula is C67H80BrN15O10. The lowest BCUT2D eigenvalue weighted by atomic mass is 9.81. The smallest absolute Gasteiger partial charge is 0.407 e. The highest BCUT2D eigenvalue weighted by Gasteiger charge is 2.37. The van der Waals surface area contributed by atoms with E-state index in [1.165, 1.54) is 0 Å². The number of carbonyl (C=O) groups excluding carboxylic acids is 6. The van der Waals surface area contributed by atoms with Gasteiger partial charge in [-0.3, -0.25) is 28.9 Å². The van der Waals surface area contributed by atoms with Crippen LogP contribution in [0.1, 0.15) is 105 Å². The highest BCUT2D eigenvalue weighted by atomic mass is 79.9. The predicted molar refractivity (Wildman–Crippen MR) is 351 cm³/mol. The van der Waals surface area contributed by atoms with E-state index in [0.717, 1.165) is 74.7 Å². The van der Waals surface area contributed by atoms with E-state index in [2.05, 4.69) is 78.4 Å². The summed E-state index contributed by atoms with van der Waals surface area (Å²) in [5, 5.41) is 48.3. The second-order valence-corrected chi connectivity index (χ2v) is 25.8. The first-order valence-corrected chi connectivity index (χ1v) is 32.1. The summed E-state index contributed by atoms with van der Waals surface area (Å²) in [5.74, 6) is -0.633. The SMILES string of the molecule is Cc1ccc(C[C@@H](C(N)=O)N(C(=O)C2CCC(CNC(=O)OC(C)(C)C)CC2)c2ccc(-c3nn[nH]n3)cc2)cc1Br.Cc1ccc(C[C@H](NC(=O)C2CCC(CNC(=O)O)CC2)C(=O)Nc2ccc(-c3nn[nH]n3)cc2)cc1-c1cccc(C(=O)N2CCOCC2)c1. The van der Waals surface area contributed by atoms with Gasteiger partial charge in [0.15, 0.2) is 0 Å². The molecule has 1 saturated heterocycles. The van der Waals surface area contributed by atoms with Crippen molar-refractivity contribution in [1.29, 1.82) is 0 Å². The Balaban J connectivity index is 0.000000224. The molecule has 2 aliphatic carbocycles. The third-order valence-corrected chi connectivity index (χ3v) is 17.9. The summed E-state index contributed by atoms with van der Waals surface area (Å²) in [7, 11) is 0. The van der Waals surface area contributed by atoms with Gasteiger partial charge in [0.1, 0.15) is 17.7 Å². The van der Waals surface area contributed by atoms with Crippen LogP contribution >= 0.6 is 15.9 Å². The van der Waals surface area contributed by atoms with Crippen LogP contribution in [0.2, 0.25) is 0 Å². The molecule has 0 unspecified atom stereocenters. The van der Waals surface area contributed by atoms with Gasteiger partial charge in [-0.25, -0.2) is 9.59 Å². The number of amides is 7. The Morgan fingerprint density at radius 1 is 0.710 bits per heavy atom. The quantitative estimate of drug-likeness (QED) is 0.0353. The maximum Gasteiger partial charge on any atom is 0.407 e. The van der Waals surface area contributed by atoms with Crippen LogP contribution in [0.5, 0.6) is 0 Å². The lowest BCUT2D eigenvalue weighted by Crippen LogP contribution is -2.52. The van der Waals surface area contributed by atoms with E-state index in [9.17, 15) is 33.6 Å². The van der Waals surface area contributed by atoms with Gasteiger partial charge >= 0.3 is 12.2 Å². The lowest BCUT2D eigenvalue weighted by molar-refractivity contribution is -0.130. The molecule has 0 radical (unpaired) electrons. The molecule has 0 spiro atoms. The third kappa shape index (κ3) is 19.1. The van der Waals surface area contributed by atoms with Crippen LogP contribution < -0.4 is 31.9 Å². The molecule has 25 nitrogen and oxygen atoms in total. The van der Waals surface area contributed by atoms with Crippen molar-refractivity contribution in [3.63, 3.8) is 0 Å². The van der Waals surface area contributed by atoms with Crippen LogP contribution in [0.15, 0.2) is 114 Å². The van der Waals surface area contributed by atoms with Crippen molar-refractivity contribution >= 4 is 69.0 Å². The van der Waals surface area contributed by atoms with E-state index in [-0.39, 0.29) is 60.1 Å². The number of primary amides is 1. The number of nitrogens with two attached hydrogens (primary N) is 1. The van der Waals surface area contributed by atoms with Crippen LogP contribution in [0.25, 0.3) is 33.9 Å². The van der Waals surface area contributed by atoms with E-state index in [1.807, 2.05) is 95.3 Å². The minimum Gasteiger partial charge on any atom is -0.465 e. The Bertz CT molecular complexity index is 3690. The number of carbonyl (C=O) groups is 7. The zero-order chi connectivity index (χ0) is 66.2. The minimum absolute atomic E-state index is 0.0362. The molecule has 3 aliphatic rings. The molecule has 2 saturated carbocycles. The number of H-pyrrole nitrogens is 2. The summed E-state index contributed by atoms with van der Waals surface area (Å²) in [6, 6.07) is 31.8. The zero-order valence-corrected chi connectivity index (χ0v) is 54.4. The summed E-state index contributed by atoms with van der Waals surface area (Å²) in [5.41, 5.74) is 14.2. The van der Waals surface area contributed by atoms with Gasteiger partial charge in [0.2, 0.25) is 35.3 Å². The molecule has 7 aromatic rings. The van der Waals surface area contributed by atoms with E-state index in [4.69, 9.17) is 20.3 Å². The minimum atomic E-state index is -1.05. The maximum absolute atomic E-state index is 14.2. The first-order valence-electron chi connectivity index (χ1n) is 31.3. The Morgan fingerprint density at radius 2 is 1.29 bits per heavy atom. The lowest BCUT2D eigenvalue weighted by Gasteiger charge is -2.36. The molecule has 1 aliphatic heterocycles. The standard InChI is InChI=1S/C37H42N8O6.C30H38BrN7O4/c1-23-5-6-25(19-31(23)28-3-2-4-29(21-28)36(48)45-15-17-51-18-16-45)20-32(40-34(46)27-9-7-24(8-10-27)22-38-37(49)50)35(47)39-30-13-11-26(12-14-30)33-41-43-44-42-33;1-18-5-6-20(15-24(18)31)16-25(26(32)39)38(23-13-11-21(12-14-23)27-34-36-37-35-27)28(40)22-9-7-19(8-10-22)17-33-29(41)42-30(2,3)4/h2-6,11-14,19,21,24,27,32,38H,7-10,15-18,20,22H2,1H3,(H,39,47)(H,40,46)(H,49,50)(H,41,42,43,44);5-6,11-15,19,22,25H,7-10,16-17H2,1-4H3,(H2,32,39)(H,33,41)(H,34,35,36,37)/t24?,27?,32-;19?,22?,25-/m00/s1. The normalized spacial score (nSPS) is 17.9. The molecule has 2 atom stereocenters. The van der Waals surface area contributed by atoms with Gasteiger partial charge < -0.3 is 46.5 Å². The van der Waals surface area contributed by atoms with Crippen LogP contribution in [0.3, 0.4) is 0 Å². The Morgan fingerprint density at radius 3 is 1.86 bits per heavy atom. The molecule has 2 aromatic heterocycles. The molecular weight excluding hydrogens is 1250 g/mol. The van der Waals surface area contributed by atoms with Crippen molar-refractivity contribution in [1.82, 2.24) is 62.1 Å². The molecule has 0 bridgehead atoms. The number of aryl methyl sites for hydroxylation is 2. The second kappa shape index (κ2) is 31.7. The molecule has 7 amide bonds. The summed E-state index contributed by atoms with van der Waals surface area (Å²) in [6.07, 6.45) is 4.47. The number of carboxylic acid groups (broad SMARTS) is 1. The monoisotopic (exact) mass is 1330 g/mol. The number of halogens is 1. The number of aromatic amines is 2. The zero-order valence-electron chi connectivity index (χ0n) is 52.8. The van der Waals surface area contributed by atoms with E-state index >= 15 is 0 Å². The molecule has 10 rings (SSSR count). The number of tetrazole rings is 2. The van der Waals surface area contributed by atoms with Gasteiger partial charge in [0, 0.05) is 83.4 Å². The molecule has 93 heavy (non-hydrogen) atoms. The number of morpholine rings is 1. The second-order valence-electron chi connectivity index (χ2n) is 24.9. The van der Waals surface area contributed by atoms with Gasteiger partial charge in [-0.2, -0.15) is 10.4 Å². The molecule has 3 heterocycles. The first kappa shape index (κ1) is 67.9. The van der Waals surface area contributed by atoms with Crippen LogP contribution in [0, 0.1) is 37.5 Å². The van der Waals surface area contributed by atoms with Crippen molar-refractivity contribution in [3.8, 4) is 33.9 Å².